The van der Waals surface area contributed by atoms with Crippen molar-refractivity contribution in [2.24, 2.45) is 0 Å². The van der Waals surface area contributed by atoms with Crippen molar-refractivity contribution >= 4 is 27.4 Å². The lowest BCUT2D eigenvalue weighted by atomic mass is 9.99. The van der Waals surface area contributed by atoms with Gasteiger partial charge < -0.3 is 19.4 Å². The average molecular weight is 471 g/mol. The molecule has 0 spiro atoms. The minimum atomic E-state index is -1.31. The lowest BCUT2D eigenvalue weighted by Gasteiger charge is -2.33. The van der Waals surface area contributed by atoms with Gasteiger partial charge >= 0.3 is 0 Å². The van der Waals surface area contributed by atoms with Gasteiger partial charge in [-0.3, -0.25) is 4.79 Å². The van der Waals surface area contributed by atoms with Crippen LogP contribution in [0.1, 0.15) is 53.4 Å². The van der Waals surface area contributed by atoms with Gasteiger partial charge in [0.05, 0.1) is 23.2 Å². The number of nitrogens with one attached hydrogen (secondary N) is 1. The predicted molar refractivity (Wildman–Crippen MR) is 110 cm³/mol. The Morgan fingerprint density at radius 3 is 2.97 bits per heavy atom. The van der Waals surface area contributed by atoms with E-state index in [1.165, 1.54) is 0 Å². The van der Waals surface area contributed by atoms with Crippen molar-refractivity contribution in [3.63, 3.8) is 0 Å². The first-order valence-electron chi connectivity index (χ1n) is 9.49. The van der Waals surface area contributed by atoms with Gasteiger partial charge in [0.1, 0.15) is 11.6 Å². The van der Waals surface area contributed by atoms with E-state index in [0.29, 0.717) is 18.7 Å². The van der Waals surface area contributed by atoms with Crippen LogP contribution in [0, 0.1) is 0 Å². The highest BCUT2D eigenvalue weighted by Gasteiger charge is 2.39. The maximum atomic E-state index is 13.5. The first kappa shape index (κ1) is 19.0. The molecule has 1 amide bonds. The number of aromatic nitrogens is 5. The Bertz CT molecular complexity index is 1220. The van der Waals surface area contributed by atoms with Gasteiger partial charge in [0.2, 0.25) is 11.7 Å². The van der Waals surface area contributed by atoms with Gasteiger partial charge in [0.25, 0.3) is 5.91 Å². The van der Waals surface area contributed by atoms with E-state index < -0.39 is 11.6 Å². The number of halogens is 1. The molecule has 0 fully saturated rings. The van der Waals surface area contributed by atoms with E-state index in [2.05, 4.69) is 36.0 Å². The normalized spacial score (nSPS) is 16.8. The Labute approximate surface area is 179 Å². The number of carbonyl (C=O) groups excluding carboxylic acids is 1. The molecule has 1 atom stereocenters. The number of aromatic amines is 1. The summed E-state index contributed by atoms with van der Waals surface area (Å²) >= 11 is 3.30. The number of rotatable bonds is 3. The van der Waals surface area contributed by atoms with Crippen LogP contribution in [0.4, 0.5) is 0 Å². The number of aliphatic hydroxyl groups is 1. The van der Waals surface area contributed by atoms with E-state index in [9.17, 15) is 9.90 Å². The Morgan fingerprint density at radius 1 is 1.40 bits per heavy atom. The van der Waals surface area contributed by atoms with E-state index in [0.717, 1.165) is 16.9 Å². The van der Waals surface area contributed by atoms with E-state index >= 15 is 0 Å². The van der Waals surface area contributed by atoms with Gasteiger partial charge in [0.15, 0.2) is 4.60 Å². The minimum absolute atomic E-state index is 0.0416. The zero-order chi connectivity index (χ0) is 21.0. The van der Waals surface area contributed by atoms with Crippen LogP contribution in [0.25, 0.3) is 5.52 Å². The lowest BCUT2D eigenvalue weighted by Crippen LogP contribution is -2.41. The fraction of sp³-hybridized carbons (Fsp3) is 0.300. The highest BCUT2D eigenvalue weighted by molar-refractivity contribution is 9.10. The number of pyridine rings is 1. The molecule has 2 N–H and O–H groups in total. The van der Waals surface area contributed by atoms with Crippen molar-refractivity contribution in [2.75, 3.05) is 6.54 Å². The number of fused-ring (bicyclic) bond motifs is 2. The molecule has 0 saturated carbocycles. The second-order valence-corrected chi connectivity index (χ2v) is 8.51. The molecule has 1 aliphatic rings. The fourth-order valence-corrected chi connectivity index (χ4v) is 4.12. The first-order chi connectivity index (χ1) is 14.3. The molecule has 0 unspecified atom stereocenters. The maximum absolute atomic E-state index is 13.5. The highest BCUT2D eigenvalue weighted by atomic mass is 79.9. The monoisotopic (exact) mass is 470 g/mol. The molecule has 0 saturated heterocycles. The van der Waals surface area contributed by atoms with Crippen molar-refractivity contribution in [3.05, 3.63) is 70.1 Å². The predicted octanol–water partition coefficient (Wildman–Crippen LogP) is 2.82. The molecule has 10 heteroatoms. The smallest absolute Gasteiger partial charge is 0.293 e. The molecule has 4 aromatic heterocycles. The summed E-state index contributed by atoms with van der Waals surface area (Å²) < 4.78 is 7.68. The van der Waals surface area contributed by atoms with Crippen LogP contribution in [0.3, 0.4) is 0 Å². The van der Waals surface area contributed by atoms with Crippen molar-refractivity contribution < 1.29 is 14.3 Å². The molecule has 0 aromatic carbocycles. The lowest BCUT2D eigenvalue weighted by molar-refractivity contribution is 0.0440. The molecule has 0 bridgehead atoms. The summed E-state index contributed by atoms with van der Waals surface area (Å²) in [5.74, 6) is -0.236. The molecule has 9 nitrogen and oxygen atoms in total. The zero-order valence-corrected chi connectivity index (χ0v) is 17.9. The Hall–Kier alpha value is -2.98. The van der Waals surface area contributed by atoms with Crippen molar-refractivity contribution in [1.29, 1.82) is 0 Å². The molecule has 154 valence electrons. The summed E-state index contributed by atoms with van der Waals surface area (Å²) in [6.45, 7) is 3.56. The van der Waals surface area contributed by atoms with Gasteiger partial charge in [-0.1, -0.05) is 6.07 Å². The van der Waals surface area contributed by atoms with Crippen LogP contribution in [0.15, 0.2) is 45.8 Å². The molecule has 0 aliphatic carbocycles. The van der Waals surface area contributed by atoms with Gasteiger partial charge in [-0.2, -0.15) is 5.10 Å². The van der Waals surface area contributed by atoms with Crippen molar-refractivity contribution in [2.45, 2.75) is 31.9 Å². The zero-order valence-electron chi connectivity index (χ0n) is 16.3. The van der Waals surface area contributed by atoms with Gasteiger partial charge in [-0.05, 0) is 48.0 Å². The highest BCUT2D eigenvalue weighted by Crippen LogP contribution is 2.36. The van der Waals surface area contributed by atoms with Gasteiger partial charge in [0, 0.05) is 24.9 Å². The molecular weight excluding hydrogens is 452 g/mol. The molecule has 5 heterocycles. The minimum Gasteiger partial charge on any atom is -0.431 e. The van der Waals surface area contributed by atoms with Crippen LogP contribution < -0.4 is 0 Å². The van der Waals surface area contributed by atoms with Gasteiger partial charge in [-0.15, -0.1) is 0 Å². The Morgan fingerprint density at radius 2 is 2.23 bits per heavy atom. The maximum Gasteiger partial charge on any atom is 0.293 e. The summed E-state index contributed by atoms with van der Waals surface area (Å²) in [5, 5.41) is 14.9. The summed E-state index contributed by atoms with van der Waals surface area (Å²) in [4.78, 5) is 27.0. The fourth-order valence-electron chi connectivity index (χ4n) is 3.71. The molecule has 30 heavy (non-hydrogen) atoms. The number of imidazole rings is 1. The second-order valence-electron chi connectivity index (χ2n) is 7.75. The third-order valence-electron chi connectivity index (χ3n) is 5.16. The van der Waals surface area contributed by atoms with E-state index in [1.807, 2.05) is 30.5 Å². The SMILES string of the molecule is CC(C)(O)c1nc(Br)c(C(=O)N2CCc3[nH]cnc3[C@H]2c2cc3ccccn3n2)o1. The summed E-state index contributed by atoms with van der Waals surface area (Å²) in [6.07, 6.45) is 4.13. The number of carbonyl (C=O) groups is 1. The largest absolute Gasteiger partial charge is 0.431 e. The summed E-state index contributed by atoms with van der Waals surface area (Å²) in [6, 6.07) is 7.27. The van der Waals surface area contributed by atoms with Crippen LogP contribution >= 0.6 is 15.9 Å². The number of hydrogen-bond donors (Lipinski definition) is 2. The molecule has 4 aromatic rings. The first-order valence-corrected chi connectivity index (χ1v) is 10.3. The Balaban J connectivity index is 1.60. The number of nitrogens with zero attached hydrogens (tertiary/aromatic N) is 5. The number of amides is 1. The van der Waals surface area contributed by atoms with E-state index in [-0.39, 0.29) is 22.2 Å². The van der Waals surface area contributed by atoms with E-state index in [4.69, 9.17) is 4.42 Å². The molecule has 0 radical (unpaired) electrons. The molecular formula is C20H19BrN6O3. The van der Waals surface area contributed by atoms with Crippen molar-refractivity contribution in [3.8, 4) is 0 Å². The van der Waals surface area contributed by atoms with Crippen LogP contribution in [-0.4, -0.2) is 47.0 Å². The molecule has 5 rings (SSSR count). The van der Waals surface area contributed by atoms with Crippen LogP contribution in [0.2, 0.25) is 0 Å². The van der Waals surface area contributed by atoms with Crippen LogP contribution in [-0.2, 0) is 12.0 Å². The number of oxazole rings is 1. The summed E-state index contributed by atoms with van der Waals surface area (Å²) in [5.41, 5.74) is 2.07. The average Bonchev–Trinajstić information content (AvgIpc) is 3.43. The quantitative estimate of drug-likeness (QED) is 0.475. The van der Waals surface area contributed by atoms with Crippen LogP contribution in [0.5, 0.6) is 0 Å². The topological polar surface area (TPSA) is 113 Å². The van der Waals surface area contributed by atoms with E-state index in [1.54, 1.807) is 29.6 Å². The Kier molecular flexibility index (Phi) is 4.30. The molecule has 1 aliphatic heterocycles. The third-order valence-corrected chi connectivity index (χ3v) is 5.70. The summed E-state index contributed by atoms with van der Waals surface area (Å²) in [7, 11) is 0. The van der Waals surface area contributed by atoms with Crippen molar-refractivity contribution in [1.82, 2.24) is 29.5 Å². The standard InChI is InChI=1S/C20H19BrN6O3/c1-20(2,29)19-24-17(21)16(30-19)18(28)26-8-6-12-14(23-10-22-12)15(26)13-9-11-5-3-4-7-27(11)25-13/h3-5,7,9-10,15,29H,6,8H2,1-2H3,(H,22,23)/t15-/m1/s1. The number of hydrogen-bond acceptors (Lipinski definition) is 6. The number of H-pyrrole nitrogens is 1. The third kappa shape index (κ3) is 3.03. The van der Waals surface area contributed by atoms with Gasteiger partial charge in [-0.25, -0.2) is 14.5 Å². The second kappa shape index (κ2) is 6.78.